The molecule has 1 saturated heterocycles. The smallest absolute Gasteiger partial charge is 0.223 e. The van der Waals surface area contributed by atoms with E-state index in [9.17, 15) is 4.79 Å². The number of amides is 1. The van der Waals surface area contributed by atoms with Gasteiger partial charge in [0.2, 0.25) is 11.8 Å². The summed E-state index contributed by atoms with van der Waals surface area (Å²) in [6.45, 7) is 3.73. The van der Waals surface area contributed by atoms with Crippen LogP contribution < -0.4 is 4.74 Å². The Kier molecular flexibility index (Phi) is 2.96. The van der Waals surface area contributed by atoms with E-state index in [4.69, 9.17) is 4.74 Å². The number of aromatic nitrogens is 1. The second-order valence-corrected chi connectivity index (χ2v) is 6.03. The Morgan fingerprint density at radius 3 is 3.00 bits per heavy atom. The number of pyridine rings is 1. The average molecular weight is 260 g/mol. The third-order valence-electron chi connectivity index (χ3n) is 4.43. The molecule has 0 aromatic carbocycles. The highest BCUT2D eigenvalue weighted by atomic mass is 16.5. The van der Waals surface area contributed by atoms with Gasteiger partial charge in [-0.2, -0.15) is 0 Å². The van der Waals surface area contributed by atoms with Crippen molar-refractivity contribution in [2.24, 2.45) is 11.3 Å². The summed E-state index contributed by atoms with van der Waals surface area (Å²) in [5.74, 6) is 1.63. The van der Waals surface area contributed by atoms with Crippen LogP contribution in [0.2, 0.25) is 0 Å². The largest absolute Gasteiger partial charge is 0.481 e. The molecule has 0 spiro atoms. The third-order valence-corrected chi connectivity index (χ3v) is 4.43. The van der Waals surface area contributed by atoms with Crippen molar-refractivity contribution in [1.82, 2.24) is 9.88 Å². The topological polar surface area (TPSA) is 42.4 Å². The molecule has 1 aliphatic heterocycles. The van der Waals surface area contributed by atoms with Gasteiger partial charge < -0.3 is 9.64 Å². The Labute approximate surface area is 113 Å². The summed E-state index contributed by atoms with van der Waals surface area (Å²) in [6, 6.07) is 3.87. The van der Waals surface area contributed by atoms with Gasteiger partial charge in [0, 0.05) is 24.7 Å². The number of likely N-dealkylation sites (tertiary alicyclic amines) is 1. The molecular formula is C15H20N2O2. The Balaban J connectivity index is 1.75. The number of ether oxygens (including phenoxy) is 1. The fourth-order valence-electron chi connectivity index (χ4n) is 3.17. The monoisotopic (exact) mass is 260 g/mol. The highest BCUT2D eigenvalue weighted by Gasteiger charge is 2.49. The first-order valence-electron chi connectivity index (χ1n) is 6.88. The third kappa shape index (κ3) is 2.31. The fraction of sp³-hybridized carbons (Fsp3) is 0.600. The summed E-state index contributed by atoms with van der Waals surface area (Å²) in [6.07, 6.45) is 4.98. The lowest BCUT2D eigenvalue weighted by molar-refractivity contribution is -0.128. The lowest BCUT2D eigenvalue weighted by Crippen LogP contribution is -2.28. The van der Waals surface area contributed by atoms with Crippen LogP contribution in [-0.4, -0.2) is 29.4 Å². The van der Waals surface area contributed by atoms with Crippen molar-refractivity contribution in [2.75, 3.05) is 13.7 Å². The number of rotatable bonds is 4. The normalized spacial score (nSPS) is 26.8. The number of methoxy groups -OCH3 is 1. The molecule has 2 aliphatic rings. The predicted molar refractivity (Wildman–Crippen MR) is 71.7 cm³/mol. The molecule has 102 valence electrons. The molecule has 1 saturated carbocycles. The van der Waals surface area contributed by atoms with Crippen LogP contribution in [0, 0.1) is 11.3 Å². The Bertz CT molecular complexity index is 499. The zero-order chi connectivity index (χ0) is 13.5. The van der Waals surface area contributed by atoms with E-state index in [1.54, 1.807) is 13.3 Å². The summed E-state index contributed by atoms with van der Waals surface area (Å²) < 4.78 is 5.25. The van der Waals surface area contributed by atoms with Crippen LogP contribution in [0.15, 0.2) is 18.3 Å². The lowest BCUT2D eigenvalue weighted by Gasteiger charge is -2.24. The maximum Gasteiger partial charge on any atom is 0.223 e. The van der Waals surface area contributed by atoms with Crippen molar-refractivity contribution in [3.05, 3.63) is 23.9 Å². The highest BCUT2D eigenvalue weighted by Crippen LogP contribution is 2.51. The van der Waals surface area contributed by atoms with Crippen LogP contribution in [0.1, 0.15) is 31.7 Å². The van der Waals surface area contributed by atoms with E-state index in [1.165, 1.54) is 12.8 Å². The molecule has 1 aliphatic carbocycles. The summed E-state index contributed by atoms with van der Waals surface area (Å²) in [4.78, 5) is 18.3. The van der Waals surface area contributed by atoms with E-state index in [2.05, 4.69) is 11.9 Å². The van der Waals surface area contributed by atoms with Crippen molar-refractivity contribution in [2.45, 2.75) is 32.7 Å². The standard InChI is InChI=1S/C15H20N2O2/c1-15(12-5-6-12)8-13(18)17(10-15)9-11-4-3-7-16-14(11)19-2/h3-4,7,12H,5-6,8-10H2,1-2H3. The minimum Gasteiger partial charge on any atom is -0.481 e. The van der Waals surface area contributed by atoms with Crippen molar-refractivity contribution in [3.63, 3.8) is 0 Å². The molecule has 0 N–H and O–H groups in total. The minimum atomic E-state index is 0.187. The summed E-state index contributed by atoms with van der Waals surface area (Å²) in [7, 11) is 1.62. The van der Waals surface area contributed by atoms with Gasteiger partial charge in [0.25, 0.3) is 0 Å². The first-order chi connectivity index (χ1) is 9.12. The molecule has 1 unspecified atom stereocenters. The van der Waals surface area contributed by atoms with Crippen LogP contribution in [-0.2, 0) is 11.3 Å². The van der Waals surface area contributed by atoms with E-state index in [0.29, 0.717) is 18.8 Å². The average Bonchev–Trinajstić information content (AvgIpc) is 3.19. The number of carbonyl (C=O) groups excluding carboxylic acids is 1. The maximum absolute atomic E-state index is 12.2. The molecule has 1 amide bonds. The number of hydrogen-bond donors (Lipinski definition) is 0. The molecular weight excluding hydrogens is 240 g/mol. The molecule has 19 heavy (non-hydrogen) atoms. The van der Waals surface area contributed by atoms with Crippen LogP contribution in [0.4, 0.5) is 0 Å². The quantitative estimate of drug-likeness (QED) is 0.833. The molecule has 0 radical (unpaired) electrons. The van der Waals surface area contributed by atoms with Crippen molar-refractivity contribution < 1.29 is 9.53 Å². The van der Waals surface area contributed by atoms with E-state index >= 15 is 0 Å². The van der Waals surface area contributed by atoms with Crippen molar-refractivity contribution >= 4 is 5.91 Å². The molecule has 0 bridgehead atoms. The number of carbonyl (C=O) groups is 1. The molecule has 2 fully saturated rings. The zero-order valence-electron chi connectivity index (χ0n) is 11.6. The molecule has 1 atom stereocenters. The molecule has 4 nitrogen and oxygen atoms in total. The molecule has 3 rings (SSSR count). The van der Waals surface area contributed by atoms with Gasteiger partial charge in [0.15, 0.2) is 0 Å². The van der Waals surface area contributed by atoms with Crippen molar-refractivity contribution in [1.29, 1.82) is 0 Å². The summed E-state index contributed by atoms with van der Waals surface area (Å²) in [5, 5.41) is 0. The summed E-state index contributed by atoms with van der Waals surface area (Å²) >= 11 is 0. The Hall–Kier alpha value is -1.58. The fourth-order valence-corrected chi connectivity index (χ4v) is 3.17. The van der Waals surface area contributed by atoms with Gasteiger partial charge in [0.05, 0.1) is 13.7 Å². The zero-order valence-corrected chi connectivity index (χ0v) is 11.6. The second-order valence-electron chi connectivity index (χ2n) is 6.03. The molecule has 2 heterocycles. The SMILES string of the molecule is COc1ncccc1CN1CC(C)(C2CC2)CC1=O. The highest BCUT2D eigenvalue weighted by molar-refractivity contribution is 5.79. The first kappa shape index (κ1) is 12.5. The predicted octanol–water partition coefficient (Wildman–Crippen LogP) is 2.24. The number of hydrogen-bond acceptors (Lipinski definition) is 3. The van der Waals surface area contributed by atoms with Gasteiger partial charge >= 0.3 is 0 Å². The van der Waals surface area contributed by atoms with Crippen molar-refractivity contribution in [3.8, 4) is 5.88 Å². The Morgan fingerprint density at radius 1 is 1.53 bits per heavy atom. The van der Waals surface area contributed by atoms with E-state index in [-0.39, 0.29) is 11.3 Å². The maximum atomic E-state index is 12.2. The van der Waals surface area contributed by atoms with Crippen LogP contribution in [0.5, 0.6) is 5.88 Å². The molecule has 1 aromatic rings. The van der Waals surface area contributed by atoms with Gasteiger partial charge in [-0.15, -0.1) is 0 Å². The first-order valence-corrected chi connectivity index (χ1v) is 6.88. The van der Waals surface area contributed by atoms with Gasteiger partial charge in [-0.3, -0.25) is 4.79 Å². The van der Waals surface area contributed by atoms with E-state index in [1.807, 2.05) is 17.0 Å². The van der Waals surface area contributed by atoms with Crippen LogP contribution in [0.25, 0.3) is 0 Å². The molecule has 1 aromatic heterocycles. The van der Waals surface area contributed by atoms with Gasteiger partial charge in [-0.1, -0.05) is 13.0 Å². The van der Waals surface area contributed by atoms with Crippen LogP contribution in [0.3, 0.4) is 0 Å². The number of nitrogens with zero attached hydrogens (tertiary/aromatic N) is 2. The molecule has 4 heteroatoms. The van der Waals surface area contributed by atoms with Gasteiger partial charge in [-0.05, 0) is 30.2 Å². The van der Waals surface area contributed by atoms with E-state index < -0.39 is 0 Å². The summed E-state index contributed by atoms with van der Waals surface area (Å²) in [5.41, 5.74) is 1.17. The second kappa shape index (κ2) is 4.51. The van der Waals surface area contributed by atoms with Crippen LogP contribution >= 0.6 is 0 Å². The lowest BCUT2D eigenvalue weighted by atomic mass is 9.84. The van der Waals surface area contributed by atoms with Gasteiger partial charge in [-0.25, -0.2) is 4.98 Å². The Morgan fingerprint density at radius 2 is 2.32 bits per heavy atom. The van der Waals surface area contributed by atoms with E-state index in [0.717, 1.165) is 18.0 Å². The minimum absolute atomic E-state index is 0.187. The van der Waals surface area contributed by atoms with Gasteiger partial charge in [0.1, 0.15) is 0 Å².